The van der Waals surface area contributed by atoms with Gasteiger partial charge in [0.1, 0.15) is 0 Å². The smallest absolute Gasteiger partial charge is 0.0945 e. The molecule has 3 nitrogen and oxygen atoms in total. The van der Waals surface area contributed by atoms with Crippen LogP contribution in [-0.4, -0.2) is 23.4 Å². The van der Waals surface area contributed by atoms with Gasteiger partial charge in [0.05, 0.1) is 31.5 Å². The Bertz CT molecular complexity index is 584. The largest absolute Gasteiger partial charge is 0.393 e. The first kappa shape index (κ1) is 16.2. The van der Waals surface area contributed by atoms with Crippen molar-refractivity contribution in [2.24, 2.45) is 0 Å². The predicted octanol–water partition coefficient (Wildman–Crippen LogP) is 3.70. The summed E-state index contributed by atoms with van der Waals surface area (Å²) in [7, 11) is 0. The Morgan fingerprint density at radius 2 is 1.52 bits per heavy atom. The van der Waals surface area contributed by atoms with Crippen LogP contribution in [0.1, 0.15) is 30.4 Å². The minimum Gasteiger partial charge on any atom is -0.393 e. The summed E-state index contributed by atoms with van der Waals surface area (Å²) in [6.07, 6.45) is 1.99. The van der Waals surface area contributed by atoms with Crippen LogP contribution in [0.5, 0.6) is 0 Å². The molecule has 0 amide bonds. The van der Waals surface area contributed by atoms with E-state index in [1.807, 2.05) is 36.4 Å². The summed E-state index contributed by atoms with van der Waals surface area (Å²) in [5, 5.41) is 9.94. The van der Waals surface area contributed by atoms with E-state index >= 15 is 0 Å². The zero-order valence-electron chi connectivity index (χ0n) is 13.4. The fourth-order valence-electron chi connectivity index (χ4n) is 3.11. The van der Waals surface area contributed by atoms with Gasteiger partial charge in [0, 0.05) is 6.42 Å². The number of aliphatic hydroxyl groups is 1. The summed E-state index contributed by atoms with van der Waals surface area (Å²) in [5.41, 5.74) is 1.94. The van der Waals surface area contributed by atoms with Crippen molar-refractivity contribution in [2.75, 3.05) is 6.61 Å². The average Bonchev–Trinajstić information content (AvgIpc) is 2.96. The molecule has 0 heterocycles. The Hall–Kier alpha value is -1.68. The number of aliphatic hydroxyl groups excluding tert-OH is 1. The van der Waals surface area contributed by atoms with E-state index in [-0.39, 0.29) is 11.7 Å². The number of benzene rings is 2. The minimum absolute atomic E-state index is 0.286. The van der Waals surface area contributed by atoms with Gasteiger partial charge in [-0.05, 0) is 24.0 Å². The lowest BCUT2D eigenvalue weighted by Gasteiger charge is -2.29. The normalized spacial score (nSPS) is 24.0. The second-order valence-electron chi connectivity index (χ2n) is 6.33. The van der Waals surface area contributed by atoms with E-state index in [4.69, 9.17) is 9.47 Å². The summed E-state index contributed by atoms with van der Waals surface area (Å²) in [6, 6.07) is 20.3. The molecule has 0 aliphatic heterocycles. The third kappa shape index (κ3) is 4.64. The molecule has 0 saturated heterocycles. The van der Waals surface area contributed by atoms with E-state index in [9.17, 15) is 5.11 Å². The Morgan fingerprint density at radius 1 is 0.913 bits per heavy atom. The van der Waals surface area contributed by atoms with Crippen LogP contribution in [0.3, 0.4) is 0 Å². The maximum Gasteiger partial charge on any atom is 0.0945 e. The maximum absolute atomic E-state index is 9.94. The van der Waals surface area contributed by atoms with Crippen LogP contribution in [0.2, 0.25) is 0 Å². The van der Waals surface area contributed by atoms with Crippen LogP contribution in [-0.2, 0) is 22.7 Å². The van der Waals surface area contributed by atoms with Crippen LogP contribution in [0.4, 0.5) is 0 Å². The highest BCUT2D eigenvalue weighted by Crippen LogP contribution is 2.35. The van der Waals surface area contributed by atoms with Gasteiger partial charge in [-0.1, -0.05) is 60.7 Å². The van der Waals surface area contributed by atoms with Crippen molar-refractivity contribution >= 4 is 0 Å². The molecule has 1 saturated carbocycles. The third-order valence-electron chi connectivity index (χ3n) is 4.41. The zero-order valence-corrected chi connectivity index (χ0v) is 13.4. The van der Waals surface area contributed by atoms with Gasteiger partial charge in [0.15, 0.2) is 0 Å². The first-order valence-corrected chi connectivity index (χ1v) is 8.23. The van der Waals surface area contributed by atoms with E-state index in [0.717, 1.165) is 24.0 Å². The molecule has 122 valence electrons. The summed E-state index contributed by atoms with van der Waals surface area (Å²) >= 11 is 0. The molecule has 3 heteroatoms. The van der Waals surface area contributed by atoms with Crippen molar-refractivity contribution in [1.29, 1.82) is 0 Å². The Morgan fingerprint density at radius 3 is 2.09 bits per heavy atom. The molecule has 0 bridgehead atoms. The summed E-state index contributed by atoms with van der Waals surface area (Å²) in [6.45, 7) is 1.65. The van der Waals surface area contributed by atoms with Crippen molar-refractivity contribution in [3.63, 3.8) is 0 Å². The Balaban J connectivity index is 1.56. The first-order valence-electron chi connectivity index (χ1n) is 8.23. The predicted molar refractivity (Wildman–Crippen MR) is 89.9 cm³/mol. The molecule has 0 radical (unpaired) electrons. The molecule has 2 aromatic rings. The maximum atomic E-state index is 9.94. The lowest BCUT2D eigenvalue weighted by molar-refractivity contribution is -0.110. The molecule has 0 aromatic heterocycles. The van der Waals surface area contributed by atoms with Gasteiger partial charge >= 0.3 is 0 Å². The van der Waals surface area contributed by atoms with Gasteiger partial charge in [-0.2, -0.15) is 0 Å². The highest BCUT2D eigenvalue weighted by Gasteiger charge is 2.40. The number of ether oxygens (including phenoxy) is 2. The molecule has 1 fully saturated rings. The van der Waals surface area contributed by atoms with Crippen LogP contribution in [0.25, 0.3) is 0 Å². The Kier molecular flexibility index (Phi) is 5.44. The Labute approximate surface area is 137 Å². The summed E-state index contributed by atoms with van der Waals surface area (Å²) in [5.74, 6) is 0. The van der Waals surface area contributed by atoms with Crippen molar-refractivity contribution in [3.05, 3.63) is 71.8 Å². The van der Waals surface area contributed by atoms with Crippen LogP contribution in [0, 0.1) is 0 Å². The van der Waals surface area contributed by atoms with Gasteiger partial charge < -0.3 is 14.6 Å². The minimum atomic E-state index is -0.371. The number of hydrogen-bond acceptors (Lipinski definition) is 3. The second-order valence-corrected chi connectivity index (χ2v) is 6.33. The van der Waals surface area contributed by atoms with Gasteiger partial charge in [-0.25, -0.2) is 0 Å². The molecule has 0 spiro atoms. The van der Waals surface area contributed by atoms with Gasteiger partial charge in [-0.15, -0.1) is 0 Å². The SMILES string of the molecule is O[C@H]1CC[C@@](COCc2ccccc2)(OCc2ccccc2)C1. The van der Waals surface area contributed by atoms with Gasteiger partial charge in [0.2, 0.25) is 0 Å². The van der Waals surface area contributed by atoms with E-state index in [1.54, 1.807) is 0 Å². The van der Waals surface area contributed by atoms with Crippen molar-refractivity contribution in [2.45, 2.75) is 44.2 Å². The molecule has 23 heavy (non-hydrogen) atoms. The van der Waals surface area contributed by atoms with Crippen molar-refractivity contribution in [1.82, 2.24) is 0 Å². The summed E-state index contributed by atoms with van der Waals surface area (Å²) in [4.78, 5) is 0. The monoisotopic (exact) mass is 312 g/mol. The van der Waals surface area contributed by atoms with Crippen LogP contribution in [0.15, 0.2) is 60.7 Å². The molecule has 2 aromatic carbocycles. The van der Waals surface area contributed by atoms with Crippen LogP contribution >= 0.6 is 0 Å². The fraction of sp³-hybridized carbons (Fsp3) is 0.400. The molecule has 1 N–H and O–H groups in total. The topological polar surface area (TPSA) is 38.7 Å². The van der Waals surface area contributed by atoms with E-state index in [1.165, 1.54) is 0 Å². The molecule has 0 unspecified atom stereocenters. The van der Waals surface area contributed by atoms with E-state index in [2.05, 4.69) is 24.3 Å². The van der Waals surface area contributed by atoms with E-state index in [0.29, 0.717) is 26.2 Å². The molecule has 1 aliphatic rings. The standard InChI is InChI=1S/C20H24O3/c21-19-11-12-20(13-19,23-15-18-9-5-2-6-10-18)16-22-14-17-7-3-1-4-8-17/h1-10,19,21H,11-16H2/t19-,20+/m0/s1. The zero-order chi connectivity index (χ0) is 16.0. The van der Waals surface area contributed by atoms with Gasteiger partial charge in [-0.3, -0.25) is 0 Å². The molecule has 2 atom stereocenters. The van der Waals surface area contributed by atoms with Crippen molar-refractivity contribution < 1.29 is 14.6 Å². The summed E-state index contributed by atoms with van der Waals surface area (Å²) < 4.78 is 12.1. The van der Waals surface area contributed by atoms with E-state index < -0.39 is 0 Å². The molecule has 1 aliphatic carbocycles. The fourth-order valence-corrected chi connectivity index (χ4v) is 3.11. The lowest BCUT2D eigenvalue weighted by atomic mass is 10.0. The first-order chi connectivity index (χ1) is 11.3. The average molecular weight is 312 g/mol. The highest BCUT2D eigenvalue weighted by atomic mass is 16.5. The van der Waals surface area contributed by atoms with Crippen molar-refractivity contribution in [3.8, 4) is 0 Å². The third-order valence-corrected chi connectivity index (χ3v) is 4.41. The van der Waals surface area contributed by atoms with Gasteiger partial charge in [0.25, 0.3) is 0 Å². The highest BCUT2D eigenvalue weighted by molar-refractivity contribution is 5.14. The molecular weight excluding hydrogens is 288 g/mol. The molecular formula is C20H24O3. The van der Waals surface area contributed by atoms with Crippen LogP contribution < -0.4 is 0 Å². The second kappa shape index (κ2) is 7.73. The lowest BCUT2D eigenvalue weighted by Crippen LogP contribution is -2.35. The number of rotatable bonds is 7. The number of hydrogen-bond donors (Lipinski definition) is 1. The molecule has 3 rings (SSSR count). The quantitative estimate of drug-likeness (QED) is 0.847.